The molecule has 0 aromatic heterocycles. The third-order valence-electron chi connectivity index (χ3n) is 4.28. The lowest BCUT2D eigenvalue weighted by Gasteiger charge is -2.15. The van der Waals surface area contributed by atoms with Crippen molar-refractivity contribution in [1.82, 2.24) is 0 Å². The largest absolute Gasteiger partial charge is 0.0877 e. The van der Waals surface area contributed by atoms with Crippen molar-refractivity contribution in [2.45, 2.75) is 20.8 Å². The van der Waals surface area contributed by atoms with Gasteiger partial charge in [-0.3, -0.25) is 0 Å². The number of hydrogen-bond donors (Lipinski definition) is 0. The summed E-state index contributed by atoms with van der Waals surface area (Å²) in [5, 5.41) is 2.64. The Bertz CT molecular complexity index is 881. The topological polar surface area (TPSA) is 0 Å². The minimum absolute atomic E-state index is 1.28. The Labute approximate surface area is 138 Å². The van der Waals surface area contributed by atoms with Crippen LogP contribution in [0.5, 0.6) is 0 Å². The summed E-state index contributed by atoms with van der Waals surface area (Å²) in [6, 6.07) is 21.7. The van der Waals surface area contributed by atoms with E-state index < -0.39 is 0 Å². The lowest BCUT2D eigenvalue weighted by molar-refractivity contribution is 1.48. The molecule has 0 spiro atoms. The highest BCUT2D eigenvalue weighted by molar-refractivity contribution is 6.05. The number of fused-ring (bicyclic) bond motifs is 1. The molecule has 0 saturated carbocycles. The molecule has 0 N–H and O–H groups in total. The van der Waals surface area contributed by atoms with Gasteiger partial charge in [0.25, 0.3) is 0 Å². The van der Waals surface area contributed by atoms with Crippen LogP contribution in [0.3, 0.4) is 0 Å². The Morgan fingerprint density at radius 2 is 1.65 bits per heavy atom. The molecular formula is C23H22. The summed E-state index contributed by atoms with van der Waals surface area (Å²) in [5.41, 5.74) is 6.53. The monoisotopic (exact) mass is 298 g/mol. The Hall–Kier alpha value is -2.60. The molecule has 0 radical (unpaired) electrons. The number of aryl methyl sites for hydroxylation is 1. The molecule has 114 valence electrons. The van der Waals surface area contributed by atoms with Gasteiger partial charge in [-0.2, -0.15) is 0 Å². The van der Waals surface area contributed by atoms with Gasteiger partial charge in [-0.15, -0.1) is 0 Å². The van der Waals surface area contributed by atoms with Gasteiger partial charge in [0.1, 0.15) is 0 Å². The summed E-state index contributed by atoms with van der Waals surface area (Å²) in [5.74, 6) is 0. The smallest absolute Gasteiger partial charge is 0.00275 e. The van der Waals surface area contributed by atoms with Crippen molar-refractivity contribution in [3.8, 4) is 11.1 Å². The molecule has 0 nitrogen and oxygen atoms in total. The molecule has 0 unspecified atom stereocenters. The van der Waals surface area contributed by atoms with Crippen molar-refractivity contribution in [3.63, 3.8) is 0 Å². The minimum atomic E-state index is 1.28. The first-order valence-electron chi connectivity index (χ1n) is 8.10. The quantitative estimate of drug-likeness (QED) is 0.467. The fourth-order valence-electron chi connectivity index (χ4n) is 3.12. The van der Waals surface area contributed by atoms with E-state index in [0.717, 1.165) is 0 Å². The van der Waals surface area contributed by atoms with Crippen LogP contribution in [-0.2, 0) is 0 Å². The summed E-state index contributed by atoms with van der Waals surface area (Å²) in [6.45, 7) is 6.43. The maximum atomic E-state index is 2.23. The highest BCUT2D eigenvalue weighted by atomic mass is 14.1. The first kappa shape index (κ1) is 15.3. The van der Waals surface area contributed by atoms with Crippen LogP contribution in [0.15, 0.2) is 78.9 Å². The van der Waals surface area contributed by atoms with Crippen LogP contribution in [0, 0.1) is 6.92 Å². The third kappa shape index (κ3) is 2.98. The van der Waals surface area contributed by atoms with Gasteiger partial charge in [0.05, 0.1) is 0 Å². The van der Waals surface area contributed by atoms with Crippen LogP contribution >= 0.6 is 0 Å². The maximum Gasteiger partial charge on any atom is -0.00275 e. The Balaban J connectivity index is 2.38. The predicted molar refractivity (Wildman–Crippen MR) is 103 cm³/mol. The summed E-state index contributed by atoms with van der Waals surface area (Å²) in [4.78, 5) is 0. The first-order chi connectivity index (χ1) is 11.2. The van der Waals surface area contributed by atoms with Crippen LogP contribution in [0.25, 0.3) is 27.5 Å². The van der Waals surface area contributed by atoms with Crippen molar-refractivity contribution < 1.29 is 0 Å². The van der Waals surface area contributed by atoms with Crippen LogP contribution in [0.1, 0.15) is 25.0 Å². The van der Waals surface area contributed by atoms with Crippen molar-refractivity contribution >= 4 is 16.3 Å². The van der Waals surface area contributed by atoms with E-state index in [1.807, 2.05) is 6.92 Å². The SMILES string of the molecule is C/C=C\C=C(/C)c1cccc2ccc(C)c(-c3ccccc3)c12. The van der Waals surface area contributed by atoms with Crippen LogP contribution in [0.4, 0.5) is 0 Å². The normalized spacial score (nSPS) is 12.2. The lowest BCUT2D eigenvalue weighted by Crippen LogP contribution is -1.91. The second-order valence-corrected chi connectivity index (χ2v) is 5.90. The molecule has 0 aliphatic carbocycles. The van der Waals surface area contributed by atoms with Crippen LogP contribution in [-0.4, -0.2) is 0 Å². The van der Waals surface area contributed by atoms with E-state index in [1.54, 1.807) is 0 Å². The van der Waals surface area contributed by atoms with Gasteiger partial charge in [0.15, 0.2) is 0 Å². The zero-order chi connectivity index (χ0) is 16.2. The molecule has 0 heterocycles. The summed E-state index contributed by atoms with van der Waals surface area (Å²) >= 11 is 0. The molecule has 23 heavy (non-hydrogen) atoms. The fraction of sp³-hybridized carbons (Fsp3) is 0.130. The molecule has 0 saturated heterocycles. The van der Waals surface area contributed by atoms with E-state index in [4.69, 9.17) is 0 Å². The first-order valence-corrected chi connectivity index (χ1v) is 8.10. The molecule has 3 aromatic rings. The van der Waals surface area contributed by atoms with Gasteiger partial charge in [0.2, 0.25) is 0 Å². The highest BCUT2D eigenvalue weighted by Crippen LogP contribution is 2.36. The molecule has 0 bridgehead atoms. The molecule has 0 atom stereocenters. The molecule has 0 aliphatic heterocycles. The number of benzene rings is 3. The van der Waals surface area contributed by atoms with Crippen molar-refractivity contribution in [3.05, 3.63) is 90.0 Å². The third-order valence-corrected chi connectivity index (χ3v) is 4.28. The van der Waals surface area contributed by atoms with E-state index >= 15 is 0 Å². The second-order valence-electron chi connectivity index (χ2n) is 5.90. The van der Waals surface area contributed by atoms with E-state index in [-0.39, 0.29) is 0 Å². The Morgan fingerprint density at radius 1 is 0.870 bits per heavy atom. The van der Waals surface area contributed by atoms with Gasteiger partial charge in [0, 0.05) is 0 Å². The predicted octanol–water partition coefficient (Wildman–Crippen LogP) is 6.79. The molecule has 0 aliphatic rings. The molecule has 0 fully saturated rings. The lowest BCUT2D eigenvalue weighted by atomic mass is 9.89. The van der Waals surface area contributed by atoms with Crippen molar-refractivity contribution in [1.29, 1.82) is 0 Å². The van der Waals surface area contributed by atoms with E-state index in [1.165, 1.54) is 38.6 Å². The second kappa shape index (κ2) is 6.66. The Morgan fingerprint density at radius 3 is 2.39 bits per heavy atom. The van der Waals surface area contributed by atoms with Crippen molar-refractivity contribution in [2.75, 3.05) is 0 Å². The Kier molecular flexibility index (Phi) is 4.43. The molecule has 3 rings (SSSR count). The molecule has 0 amide bonds. The zero-order valence-electron chi connectivity index (χ0n) is 14.0. The van der Waals surface area contributed by atoms with Crippen LogP contribution < -0.4 is 0 Å². The highest BCUT2D eigenvalue weighted by Gasteiger charge is 2.11. The number of hydrogen-bond acceptors (Lipinski definition) is 0. The zero-order valence-corrected chi connectivity index (χ0v) is 14.0. The average Bonchev–Trinajstić information content (AvgIpc) is 2.59. The fourth-order valence-corrected chi connectivity index (χ4v) is 3.12. The average molecular weight is 298 g/mol. The van der Waals surface area contributed by atoms with Gasteiger partial charge in [-0.1, -0.05) is 78.9 Å². The number of rotatable bonds is 3. The summed E-state index contributed by atoms with van der Waals surface area (Å²) in [6.07, 6.45) is 6.36. The van der Waals surface area contributed by atoms with E-state index in [0.29, 0.717) is 0 Å². The van der Waals surface area contributed by atoms with Gasteiger partial charge >= 0.3 is 0 Å². The standard InChI is InChI=1S/C23H22/c1-4-5-10-17(2)21-14-9-13-20-16-15-18(3)22(23(20)21)19-11-7-6-8-12-19/h4-16H,1-3H3/b5-4-,17-10+. The van der Waals surface area contributed by atoms with Gasteiger partial charge < -0.3 is 0 Å². The van der Waals surface area contributed by atoms with Gasteiger partial charge in [-0.25, -0.2) is 0 Å². The molecule has 0 heteroatoms. The summed E-state index contributed by atoms with van der Waals surface area (Å²) in [7, 11) is 0. The molecular weight excluding hydrogens is 276 g/mol. The van der Waals surface area contributed by atoms with Crippen molar-refractivity contribution in [2.24, 2.45) is 0 Å². The van der Waals surface area contributed by atoms with E-state index in [2.05, 4.69) is 92.7 Å². The number of allylic oxidation sites excluding steroid dienone is 4. The van der Waals surface area contributed by atoms with Gasteiger partial charge in [-0.05, 0) is 59.4 Å². The maximum absolute atomic E-state index is 2.23. The van der Waals surface area contributed by atoms with E-state index in [9.17, 15) is 0 Å². The minimum Gasteiger partial charge on any atom is -0.0877 e. The van der Waals surface area contributed by atoms with Crippen LogP contribution in [0.2, 0.25) is 0 Å². The molecule has 3 aromatic carbocycles. The summed E-state index contributed by atoms with van der Waals surface area (Å²) < 4.78 is 0.